The molecule has 3 rings (SSSR count). The zero-order valence-electron chi connectivity index (χ0n) is 15.6. The Balaban J connectivity index is 1.89. The molecule has 0 atom stereocenters. The van der Waals surface area contributed by atoms with E-state index in [1.54, 1.807) is 0 Å². The highest BCUT2D eigenvalue weighted by atomic mass is 35.5. The Morgan fingerprint density at radius 3 is 1.88 bits per heavy atom. The van der Waals surface area contributed by atoms with Gasteiger partial charge in [-0.1, -0.05) is 11.6 Å². The van der Waals surface area contributed by atoms with E-state index < -0.39 is 61.8 Å². The third-order valence-corrected chi connectivity index (χ3v) is 9.50. The highest BCUT2D eigenvalue weighted by Crippen LogP contribution is 2.36. The van der Waals surface area contributed by atoms with Crippen LogP contribution in [0, 0.1) is 0 Å². The summed E-state index contributed by atoms with van der Waals surface area (Å²) in [7, 11) is -8.97. The van der Waals surface area contributed by atoms with Crippen LogP contribution >= 0.6 is 22.9 Å². The zero-order valence-corrected chi connectivity index (χ0v) is 18.8. The molecule has 0 amide bonds. The Kier molecular flexibility index (Phi) is 6.47. The number of nitrogens with zero attached hydrogens (tertiary/aromatic N) is 1. The fourth-order valence-corrected chi connectivity index (χ4v) is 7.02. The number of alkyl halides is 6. The largest absolute Gasteiger partial charge is 0.417 e. The highest BCUT2D eigenvalue weighted by molar-refractivity contribution is 7.96. The average molecular weight is 551 g/mol. The molecule has 0 aliphatic rings. The van der Waals surface area contributed by atoms with Crippen LogP contribution in [0.1, 0.15) is 11.1 Å². The first kappa shape index (κ1) is 25.3. The van der Waals surface area contributed by atoms with E-state index in [4.69, 9.17) is 11.6 Å². The first-order chi connectivity index (χ1) is 15.0. The second kappa shape index (κ2) is 8.45. The topological polar surface area (TPSA) is 93.2 Å². The molecule has 0 bridgehead atoms. The van der Waals surface area contributed by atoms with E-state index in [-0.39, 0.29) is 23.2 Å². The van der Waals surface area contributed by atoms with Gasteiger partial charge in [0.05, 0.1) is 16.1 Å². The Morgan fingerprint density at radius 2 is 1.36 bits per heavy atom. The van der Waals surface area contributed by atoms with Crippen molar-refractivity contribution in [2.45, 2.75) is 25.8 Å². The molecule has 0 saturated heterocycles. The Bertz CT molecular complexity index is 1400. The molecule has 0 fully saturated rings. The number of anilines is 1. The van der Waals surface area contributed by atoms with Crippen LogP contribution < -0.4 is 4.72 Å². The van der Waals surface area contributed by atoms with Crippen LogP contribution in [0.15, 0.2) is 62.1 Å². The van der Waals surface area contributed by atoms with Crippen molar-refractivity contribution in [1.82, 2.24) is 4.98 Å². The maximum Gasteiger partial charge on any atom is 0.417 e. The summed E-state index contributed by atoms with van der Waals surface area (Å²) in [5, 5.41) is -1.72. The van der Waals surface area contributed by atoms with Crippen LogP contribution in [0.4, 0.5) is 32.0 Å². The number of benzene rings is 1. The van der Waals surface area contributed by atoms with Crippen LogP contribution in [-0.4, -0.2) is 21.8 Å². The minimum Gasteiger partial charge on any atom is -0.279 e. The number of hydrogen-bond donors (Lipinski definition) is 1. The molecule has 178 valence electrons. The van der Waals surface area contributed by atoms with E-state index in [2.05, 4.69) is 4.98 Å². The normalized spacial score (nSPS) is 13.2. The lowest BCUT2D eigenvalue weighted by atomic mass is 10.2. The van der Waals surface area contributed by atoms with E-state index in [1.807, 2.05) is 4.72 Å². The molecule has 0 saturated carbocycles. The first-order valence-corrected chi connectivity index (χ1v) is 12.5. The molecule has 3 aromatic rings. The van der Waals surface area contributed by atoms with Gasteiger partial charge in [0.2, 0.25) is 9.84 Å². The van der Waals surface area contributed by atoms with Gasteiger partial charge in [-0.05, 0) is 42.5 Å². The molecule has 0 aliphatic heterocycles. The standard InChI is InChI=1S/C17H9ClF6N2O4S3/c18-12-7-10(17(22,23)24)8-25-15(12)32(27,28)13-5-6-14(31-13)33(29,30)26-11-3-1-9(2-4-11)16(19,20)21/h1-8,26H. The molecule has 0 aliphatic carbocycles. The minimum atomic E-state index is -4.81. The lowest BCUT2D eigenvalue weighted by molar-refractivity contribution is -0.138. The van der Waals surface area contributed by atoms with Gasteiger partial charge in [0, 0.05) is 11.9 Å². The molecule has 2 heterocycles. The Labute approximate surface area is 191 Å². The van der Waals surface area contributed by atoms with Crippen molar-refractivity contribution in [1.29, 1.82) is 0 Å². The van der Waals surface area contributed by atoms with Crippen LogP contribution in [-0.2, 0) is 32.2 Å². The van der Waals surface area contributed by atoms with Crippen molar-refractivity contribution >= 4 is 48.5 Å². The van der Waals surface area contributed by atoms with Crippen LogP contribution in [0.25, 0.3) is 0 Å². The number of thiophene rings is 1. The summed E-state index contributed by atoms with van der Waals surface area (Å²) >= 11 is 5.92. The predicted octanol–water partition coefficient (Wildman–Crippen LogP) is 5.47. The molecule has 33 heavy (non-hydrogen) atoms. The maximum atomic E-state index is 12.7. The van der Waals surface area contributed by atoms with Gasteiger partial charge in [0.15, 0.2) is 5.03 Å². The Hall–Kier alpha value is -2.36. The SMILES string of the molecule is O=S(=O)(Nc1ccc(C(F)(F)F)cc1)c1ccc(S(=O)(=O)c2ncc(C(F)(F)F)cc2Cl)s1. The van der Waals surface area contributed by atoms with Gasteiger partial charge in [0.1, 0.15) is 8.42 Å². The van der Waals surface area contributed by atoms with Crippen molar-refractivity contribution in [2.24, 2.45) is 0 Å². The summed E-state index contributed by atoms with van der Waals surface area (Å²) in [6.45, 7) is 0. The smallest absolute Gasteiger partial charge is 0.279 e. The van der Waals surface area contributed by atoms with Gasteiger partial charge in [-0.3, -0.25) is 4.72 Å². The fraction of sp³-hybridized carbons (Fsp3) is 0.118. The van der Waals surface area contributed by atoms with Gasteiger partial charge in [-0.25, -0.2) is 21.8 Å². The van der Waals surface area contributed by atoms with Gasteiger partial charge >= 0.3 is 12.4 Å². The molecule has 6 nitrogen and oxygen atoms in total. The number of sulfone groups is 1. The average Bonchev–Trinajstić information content (AvgIpc) is 3.18. The predicted molar refractivity (Wildman–Crippen MR) is 106 cm³/mol. The van der Waals surface area contributed by atoms with E-state index in [9.17, 15) is 43.2 Å². The number of pyridine rings is 1. The van der Waals surface area contributed by atoms with Crippen molar-refractivity contribution < 1.29 is 43.2 Å². The molecule has 0 unspecified atom stereocenters. The summed E-state index contributed by atoms with van der Waals surface area (Å²) in [4.78, 5) is 3.27. The van der Waals surface area contributed by atoms with E-state index in [0.717, 1.165) is 24.3 Å². The molecular formula is C17H9ClF6N2O4S3. The van der Waals surface area contributed by atoms with E-state index in [0.29, 0.717) is 18.2 Å². The van der Waals surface area contributed by atoms with Gasteiger partial charge in [-0.15, -0.1) is 11.3 Å². The number of aromatic nitrogens is 1. The number of nitrogens with one attached hydrogen (secondary N) is 1. The fourth-order valence-electron chi connectivity index (χ4n) is 2.40. The maximum absolute atomic E-state index is 12.7. The van der Waals surface area contributed by atoms with Gasteiger partial charge in [-0.2, -0.15) is 26.3 Å². The summed E-state index contributed by atoms with van der Waals surface area (Å²) in [5.41, 5.74) is -2.49. The van der Waals surface area contributed by atoms with E-state index in [1.165, 1.54) is 0 Å². The first-order valence-electron chi connectivity index (χ1n) is 8.29. The number of hydrogen-bond acceptors (Lipinski definition) is 6. The molecule has 1 aromatic carbocycles. The summed E-state index contributed by atoms with van der Waals surface area (Å²) < 4.78 is 127. The quantitative estimate of drug-likeness (QED) is 0.425. The van der Waals surface area contributed by atoms with Gasteiger partial charge in [0.25, 0.3) is 10.0 Å². The molecule has 2 aromatic heterocycles. The summed E-state index contributed by atoms with van der Waals surface area (Å²) in [6, 6.07) is 5.22. The molecule has 0 radical (unpaired) electrons. The monoisotopic (exact) mass is 550 g/mol. The summed E-state index contributed by atoms with van der Waals surface area (Å²) in [6.07, 6.45) is -9.16. The Morgan fingerprint density at radius 1 is 0.818 bits per heavy atom. The van der Waals surface area contributed by atoms with Crippen LogP contribution in [0.3, 0.4) is 0 Å². The molecule has 16 heteroatoms. The highest BCUT2D eigenvalue weighted by Gasteiger charge is 2.34. The summed E-state index contributed by atoms with van der Waals surface area (Å²) in [5.74, 6) is 0. The minimum absolute atomic E-state index is 0.215. The van der Waals surface area contributed by atoms with Gasteiger partial charge < -0.3 is 0 Å². The third-order valence-electron chi connectivity index (χ3n) is 3.94. The molecular weight excluding hydrogens is 542 g/mol. The van der Waals surface area contributed by atoms with Crippen molar-refractivity contribution in [3.8, 4) is 0 Å². The lowest BCUT2D eigenvalue weighted by Gasteiger charge is -2.09. The number of halogens is 7. The lowest BCUT2D eigenvalue weighted by Crippen LogP contribution is -2.12. The van der Waals surface area contributed by atoms with Crippen LogP contribution in [0.2, 0.25) is 5.02 Å². The third kappa shape index (κ3) is 5.42. The zero-order chi connectivity index (χ0) is 24.8. The van der Waals surface area contributed by atoms with Crippen molar-refractivity contribution in [3.05, 3.63) is 64.8 Å². The second-order valence-corrected chi connectivity index (χ2v) is 11.8. The molecule has 0 spiro atoms. The molecule has 1 N–H and O–H groups in total. The number of sulfonamides is 1. The second-order valence-electron chi connectivity index (χ2n) is 6.27. The van der Waals surface area contributed by atoms with Crippen LogP contribution in [0.5, 0.6) is 0 Å². The number of rotatable bonds is 5. The van der Waals surface area contributed by atoms with Crippen molar-refractivity contribution in [3.63, 3.8) is 0 Å². The van der Waals surface area contributed by atoms with E-state index >= 15 is 0 Å². The van der Waals surface area contributed by atoms with Crippen molar-refractivity contribution in [2.75, 3.05) is 4.72 Å².